The fourth-order valence-electron chi connectivity index (χ4n) is 3.27. The van der Waals surface area contributed by atoms with Gasteiger partial charge in [0.25, 0.3) is 5.91 Å². The molecule has 1 amide bonds. The zero-order chi connectivity index (χ0) is 20.8. The van der Waals surface area contributed by atoms with Crippen molar-refractivity contribution >= 4 is 34.6 Å². The van der Waals surface area contributed by atoms with Crippen LogP contribution < -0.4 is 20.3 Å². The molecule has 3 rings (SSSR count). The maximum Gasteiger partial charge on any atom is 0.257 e. The third-order valence-corrected chi connectivity index (χ3v) is 4.82. The molecule has 29 heavy (non-hydrogen) atoms. The van der Waals surface area contributed by atoms with Gasteiger partial charge in [-0.15, -0.1) is 0 Å². The van der Waals surface area contributed by atoms with Crippen LogP contribution in [-0.2, 0) is 0 Å². The Morgan fingerprint density at radius 3 is 2.41 bits per heavy atom. The van der Waals surface area contributed by atoms with Gasteiger partial charge in [-0.05, 0) is 87.8 Å². The number of carbonyl (C=O) groups is 1. The summed E-state index contributed by atoms with van der Waals surface area (Å²) in [7, 11) is 0. The number of ether oxygens (including phenoxy) is 1. The lowest BCUT2D eigenvalue weighted by molar-refractivity contribution is 0.0977. The Labute approximate surface area is 176 Å². The van der Waals surface area contributed by atoms with E-state index in [1.54, 1.807) is 36.4 Å². The monoisotopic (exact) mass is 415 g/mol. The Morgan fingerprint density at radius 1 is 1.10 bits per heavy atom. The van der Waals surface area contributed by atoms with Crippen LogP contribution in [0, 0.1) is 5.82 Å². The van der Waals surface area contributed by atoms with Crippen molar-refractivity contribution in [2.24, 2.45) is 0 Å². The number of anilines is 2. The van der Waals surface area contributed by atoms with E-state index in [0.717, 1.165) is 25.9 Å². The molecule has 1 aliphatic heterocycles. The molecule has 2 N–H and O–H groups in total. The second-order valence-corrected chi connectivity index (χ2v) is 7.72. The van der Waals surface area contributed by atoms with Gasteiger partial charge in [0.1, 0.15) is 11.6 Å². The molecule has 0 atom stereocenters. The first-order valence-electron chi connectivity index (χ1n) is 9.86. The van der Waals surface area contributed by atoms with Crippen LogP contribution in [0.25, 0.3) is 0 Å². The van der Waals surface area contributed by atoms with E-state index in [0.29, 0.717) is 22.7 Å². The highest BCUT2D eigenvalue weighted by Gasteiger charge is 2.15. The number of benzene rings is 2. The average Bonchev–Trinajstić information content (AvgIpc) is 2.68. The Kier molecular flexibility index (Phi) is 7.04. The molecule has 1 saturated heterocycles. The number of thiocarbonyl (C=S) groups is 1. The lowest BCUT2D eigenvalue weighted by atomic mass is 10.1. The summed E-state index contributed by atoms with van der Waals surface area (Å²) in [5.41, 5.74) is 1.56. The van der Waals surface area contributed by atoms with Crippen LogP contribution in [0.3, 0.4) is 0 Å². The zero-order valence-electron chi connectivity index (χ0n) is 16.7. The first-order valence-corrected chi connectivity index (χ1v) is 10.3. The van der Waals surface area contributed by atoms with Gasteiger partial charge in [0.2, 0.25) is 0 Å². The molecular weight excluding hydrogens is 389 g/mol. The average molecular weight is 416 g/mol. The molecule has 0 spiro atoms. The molecule has 0 aromatic heterocycles. The fraction of sp³-hybridized carbons (Fsp3) is 0.364. The van der Waals surface area contributed by atoms with Gasteiger partial charge in [0, 0.05) is 24.3 Å². The van der Waals surface area contributed by atoms with Crippen LogP contribution in [0.15, 0.2) is 42.5 Å². The lowest BCUT2D eigenvalue weighted by Crippen LogP contribution is -2.34. The summed E-state index contributed by atoms with van der Waals surface area (Å²) in [6.07, 6.45) is 3.42. The van der Waals surface area contributed by atoms with Crippen LogP contribution >= 0.6 is 12.2 Å². The Hall–Kier alpha value is -2.67. The molecule has 0 bridgehead atoms. The summed E-state index contributed by atoms with van der Waals surface area (Å²) in [5.74, 6) is 0.0531. The van der Waals surface area contributed by atoms with Crippen molar-refractivity contribution in [3.8, 4) is 5.75 Å². The summed E-state index contributed by atoms with van der Waals surface area (Å²) < 4.78 is 20.1. The number of rotatable bonds is 5. The molecule has 154 valence electrons. The smallest absolute Gasteiger partial charge is 0.257 e. The maximum atomic E-state index is 14.5. The molecule has 0 radical (unpaired) electrons. The Bertz CT molecular complexity index is 865. The van der Waals surface area contributed by atoms with E-state index in [1.807, 2.05) is 13.8 Å². The SMILES string of the molecule is CC(C)Oc1ccc(C(=O)NC(=S)Nc2ccc(N3CCCCC3)c(F)c2)cc1. The Morgan fingerprint density at radius 2 is 1.79 bits per heavy atom. The van der Waals surface area contributed by atoms with Gasteiger partial charge in [0.05, 0.1) is 11.8 Å². The molecule has 1 aliphatic rings. The van der Waals surface area contributed by atoms with Gasteiger partial charge in [-0.1, -0.05) is 0 Å². The molecule has 2 aromatic carbocycles. The standard InChI is InChI=1S/C22H26FN3O2S/c1-15(2)28-18-9-6-16(7-10-18)21(27)25-22(29)24-17-8-11-20(19(23)14-17)26-12-4-3-5-13-26/h6-11,14-15H,3-5,12-13H2,1-2H3,(H2,24,25,27,29). The van der Waals surface area contributed by atoms with E-state index in [2.05, 4.69) is 15.5 Å². The summed E-state index contributed by atoms with van der Waals surface area (Å²) in [6.45, 7) is 5.62. The summed E-state index contributed by atoms with van der Waals surface area (Å²) in [5, 5.41) is 5.59. The van der Waals surface area contributed by atoms with Crippen LogP contribution in [0.1, 0.15) is 43.5 Å². The summed E-state index contributed by atoms with van der Waals surface area (Å²) in [4.78, 5) is 14.4. The van der Waals surface area contributed by atoms with Crippen LogP contribution in [-0.4, -0.2) is 30.2 Å². The largest absolute Gasteiger partial charge is 0.491 e. The number of carbonyl (C=O) groups excluding carboxylic acids is 1. The molecule has 0 saturated carbocycles. The number of nitrogens with zero attached hydrogens (tertiary/aromatic N) is 1. The third kappa shape index (κ3) is 5.90. The number of amides is 1. The van der Waals surface area contributed by atoms with E-state index in [4.69, 9.17) is 17.0 Å². The summed E-state index contributed by atoms with van der Waals surface area (Å²) in [6, 6.07) is 11.7. The van der Waals surface area contributed by atoms with Crippen molar-refractivity contribution in [2.75, 3.05) is 23.3 Å². The second kappa shape index (κ2) is 9.69. The minimum atomic E-state index is -0.344. The second-order valence-electron chi connectivity index (χ2n) is 7.31. The molecular formula is C22H26FN3O2S. The number of piperidine rings is 1. The predicted octanol–water partition coefficient (Wildman–Crippen LogP) is 4.73. The first kappa shape index (κ1) is 21.0. The van der Waals surface area contributed by atoms with Crippen LogP contribution in [0.2, 0.25) is 0 Å². The zero-order valence-corrected chi connectivity index (χ0v) is 17.5. The van der Waals surface area contributed by atoms with E-state index < -0.39 is 0 Å². The van der Waals surface area contributed by atoms with Gasteiger partial charge in [0.15, 0.2) is 5.11 Å². The van der Waals surface area contributed by atoms with Crippen molar-refractivity contribution in [3.63, 3.8) is 0 Å². The predicted molar refractivity (Wildman–Crippen MR) is 118 cm³/mol. The summed E-state index contributed by atoms with van der Waals surface area (Å²) >= 11 is 5.20. The number of hydrogen-bond donors (Lipinski definition) is 2. The molecule has 0 unspecified atom stereocenters. The normalized spacial score (nSPS) is 13.9. The van der Waals surface area contributed by atoms with Gasteiger partial charge in [-0.3, -0.25) is 10.1 Å². The molecule has 1 fully saturated rings. The van der Waals surface area contributed by atoms with E-state index in [1.165, 1.54) is 12.5 Å². The minimum absolute atomic E-state index is 0.0631. The third-order valence-electron chi connectivity index (χ3n) is 4.62. The van der Waals surface area contributed by atoms with Crippen molar-refractivity contribution in [2.45, 2.75) is 39.2 Å². The molecule has 0 aliphatic carbocycles. The topological polar surface area (TPSA) is 53.6 Å². The van der Waals surface area contributed by atoms with Gasteiger partial charge < -0.3 is 15.0 Å². The van der Waals surface area contributed by atoms with E-state index in [9.17, 15) is 9.18 Å². The van der Waals surface area contributed by atoms with Gasteiger partial charge in [-0.2, -0.15) is 0 Å². The van der Waals surface area contributed by atoms with Crippen LogP contribution in [0.4, 0.5) is 15.8 Å². The Balaban J connectivity index is 1.57. The molecule has 1 heterocycles. The van der Waals surface area contributed by atoms with E-state index >= 15 is 0 Å². The fourth-order valence-corrected chi connectivity index (χ4v) is 3.48. The van der Waals surface area contributed by atoms with Gasteiger partial charge >= 0.3 is 0 Å². The number of hydrogen-bond acceptors (Lipinski definition) is 4. The van der Waals surface area contributed by atoms with E-state index in [-0.39, 0.29) is 22.9 Å². The highest BCUT2D eigenvalue weighted by molar-refractivity contribution is 7.80. The molecule has 5 nitrogen and oxygen atoms in total. The number of halogens is 1. The molecule has 7 heteroatoms. The minimum Gasteiger partial charge on any atom is -0.491 e. The highest BCUT2D eigenvalue weighted by Crippen LogP contribution is 2.25. The van der Waals surface area contributed by atoms with Crippen molar-refractivity contribution < 1.29 is 13.9 Å². The molecule has 2 aromatic rings. The van der Waals surface area contributed by atoms with Crippen molar-refractivity contribution in [1.82, 2.24) is 5.32 Å². The van der Waals surface area contributed by atoms with Crippen molar-refractivity contribution in [3.05, 3.63) is 53.8 Å². The maximum absolute atomic E-state index is 14.5. The van der Waals surface area contributed by atoms with Crippen LogP contribution in [0.5, 0.6) is 5.75 Å². The van der Waals surface area contributed by atoms with Crippen molar-refractivity contribution in [1.29, 1.82) is 0 Å². The number of nitrogens with one attached hydrogen (secondary N) is 2. The quantitative estimate of drug-likeness (QED) is 0.692. The first-order chi connectivity index (χ1) is 13.9. The van der Waals surface area contributed by atoms with Gasteiger partial charge in [-0.25, -0.2) is 4.39 Å². The lowest BCUT2D eigenvalue weighted by Gasteiger charge is -2.29. The highest BCUT2D eigenvalue weighted by atomic mass is 32.1.